The van der Waals surface area contributed by atoms with Crippen LogP contribution in [-0.4, -0.2) is 57.1 Å². The number of hydrogen-bond acceptors (Lipinski definition) is 6. The Morgan fingerprint density at radius 1 is 1.19 bits per heavy atom. The molecule has 0 spiro atoms. The number of rotatable bonds is 6. The first-order valence-electron chi connectivity index (χ1n) is 10.2. The van der Waals surface area contributed by atoms with Crippen LogP contribution in [0.4, 0.5) is 5.69 Å². The van der Waals surface area contributed by atoms with E-state index in [0.717, 1.165) is 29.8 Å². The highest BCUT2D eigenvalue weighted by atomic mass is 16.5. The fourth-order valence-electron chi connectivity index (χ4n) is 3.70. The van der Waals surface area contributed by atoms with Gasteiger partial charge in [0.05, 0.1) is 25.1 Å². The van der Waals surface area contributed by atoms with Gasteiger partial charge in [0.1, 0.15) is 12.1 Å². The lowest BCUT2D eigenvalue weighted by molar-refractivity contribution is -0.133. The number of methoxy groups -OCH3 is 1. The first kappa shape index (κ1) is 20.5. The second-order valence-electron chi connectivity index (χ2n) is 7.50. The Kier molecular flexibility index (Phi) is 6.21. The van der Waals surface area contributed by atoms with Gasteiger partial charge >= 0.3 is 0 Å². The molecular weight excluding hydrogens is 396 g/mol. The number of aromatic nitrogens is 4. The zero-order chi connectivity index (χ0) is 21.6. The first-order chi connectivity index (χ1) is 15.1. The van der Waals surface area contributed by atoms with Crippen LogP contribution in [0.3, 0.4) is 0 Å². The quantitative estimate of drug-likeness (QED) is 0.655. The molecule has 0 bridgehead atoms. The smallest absolute Gasteiger partial charge is 0.229 e. The molecule has 2 heterocycles. The van der Waals surface area contributed by atoms with Gasteiger partial charge < -0.3 is 15.0 Å². The predicted octanol–water partition coefficient (Wildman–Crippen LogP) is 2.09. The minimum Gasteiger partial charge on any atom is -0.497 e. The molecule has 0 aliphatic carbocycles. The van der Waals surface area contributed by atoms with Crippen LogP contribution < -0.4 is 10.1 Å². The van der Waals surface area contributed by atoms with Gasteiger partial charge in [0.15, 0.2) is 0 Å². The zero-order valence-corrected chi connectivity index (χ0v) is 17.3. The first-order valence-corrected chi connectivity index (χ1v) is 10.2. The summed E-state index contributed by atoms with van der Waals surface area (Å²) >= 11 is 0. The molecule has 2 aromatic carbocycles. The molecule has 31 heavy (non-hydrogen) atoms. The number of anilines is 1. The number of ether oxygens (including phenoxy) is 1. The van der Waals surface area contributed by atoms with Gasteiger partial charge in [0.25, 0.3) is 0 Å². The molecule has 1 aliphatic heterocycles. The Bertz CT molecular complexity index is 1040. The van der Waals surface area contributed by atoms with E-state index in [-0.39, 0.29) is 17.7 Å². The average Bonchev–Trinajstić information content (AvgIpc) is 3.35. The van der Waals surface area contributed by atoms with Crippen molar-refractivity contribution in [3.63, 3.8) is 0 Å². The maximum absolute atomic E-state index is 12.9. The second kappa shape index (κ2) is 9.38. The van der Waals surface area contributed by atoms with Crippen LogP contribution >= 0.6 is 0 Å². The number of piperidine rings is 1. The maximum Gasteiger partial charge on any atom is 0.229 e. The average molecular weight is 420 g/mol. The number of carbonyl (C=O) groups excluding carboxylic acids is 2. The molecule has 1 atom stereocenters. The molecule has 9 heteroatoms. The molecule has 3 aromatic rings. The van der Waals surface area contributed by atoms with E-state index in [4.69, 9.17) is 4.74 Å². The largest absolute Gasteiger partial charge is 0.497 e. The number of nitrogens with one attached hydrogen (secondary N) is 1. The summed E-state index contributed by atoms with van der Waals surface area (Å²) in [5, 5.41) is 14.1. The fourth-order valence-corrected chi connectivity index (χ4v) is 3.70. The van der Waals surface area contributed by atoms with E-state index in [1.54, 1.807) is 12.0 Å². The Morgan fingerprint density at radius 3 is 2.77 bits per heavy atom. The summed E-state index contributed by atoms with van der Waals surface area (Å²) in [6, 6.07) is 14.8. The third-order valence-corrected chi connectivity index (χ3v) is 5.39. The summed E-state index contributed by atoms with van der Waals surface area (Å²) in [4.78, 5) is 27.4. The molecule has 1 fully saturated rings. The molecule has 160 valence electrons. The van der Waals surface area contributed by atoms with E-state index in [9.17, 15) is 9.59 Å². The lowest BCUT2D eigenvalue weighted by atomic mass is 9.96. The van der Waals surface area contributed by atoms with Gasteiger partial charge in [-0.3, -0.25) is 9.59 Å². The van der Waals surface area contributed by atoms with E-state index in [0.29, 0.717) is 25.2 Å². The summed E-state index contributed by atoms with van der Waals surface area (Å²) in [6.45, 7) is 1.10. The van der Waals surface area contributed by atoms with Gasteiger partial charge in [-0.2, -0.15) is 0 Å². The molecule has 1 aliphatic rings. The molecular formula is C22H24N6O3. The van der Waals surface area contributed by atoms with Crippen LogP contribution in [-0.2, 0) is 16.0 Å². The molecule has 9 nitrogen and oxygen atoms in total. The van der Waals surface area contributed by atoms with Crippen LogP contribution in [0.25, 0.3) is 5.69 Å². The van der Waals surface area contributed by atoms with E-state index >= 15 is 0 Å². The van der Waals surface area contributed by atoms with Gasteiger partial charge in [-0.1, -0.05) is 18.2 Å². The predicted molar refractivity (Wildman–Crippen MR) is 114 cm³/mol. The number of hydrogen-bond donors (Lipinski definition) is 1. The standard InChI is InChI=1S/C22H24N6O3/c1-31-20-9-7-16(8-10-20)12-21(29)27-11-3-4-17(14-27)22(30)24-18-5-2-6-19(13-18)28-15-23-25-26-28/h2,5-10,13,15,17H,3-4,11-12,14H2,1H3,(H,24,30)/t17-/m1/s1. The molecule has 4 rings (SSSR count). The Morgan fingerprint density at radius 2 is 2.03 bits per heavy atom. The van der Waals surface area contributed by atoms with Gasteiger partial charge in [0.2, 0.25) is 11.8 Å². The molecule has 0 saturated carbocycles. The SMILES string of the molecule is COc1ccc(CC(=O)N2CCC[C@@H](C(=O)Nc3cccc(-n4cnnn4)c3)C2)cc1. The van der Waals surface area contributed by atoms with Crippen LogP contribution in [0.1, 0.15) is 18.4 Å². The van der Waals surface area contributed by atoms with Crippen molar-refractivity contribution in [2.75, 3.05) is 25.5 Å². The Balaban J connectivity index is 1.36. The summed E-state index contributed by atoms with van der Waals surface area (Å²) in [7, 11) is 1.61. The number of benzene rings is 2. The normalized spacial score (nSPS) is 16.0. The van der Waals surface area contributed by atoms with Crippen LogP contribution in [0, 0.1) is 5.92 Å². The van der Waals surface area contributed by atoms with Crippen molar-refractivity contribution in [3.05, 3.63) is 60.4 Å². The molecule has 1 aromatic heterocycles. The van der Waals surface area contributed by atoms with Gasteiger partial charge in [-0.15, -0.1) is 5.10 Å². The third-order valence-electron chi connectivity index (χ3n) is 5.39. The van der Waals surface area contributed by atoms with Crippen molar-refractivity contribution < 1.29 is 14.3 Å². The fraction of sp³-hybridized carbons (Fsp3) is 0.318. The minimum atomic E-state index is -0.245. The van der Waals surface area contributed by atoms with Crippen LogP contribution in [0.5, 0.6) is 5.75 Å². The number of amides is 2. The van der Waals surface area contributed by atoms with E-state index in [2.05, 4.69) is 20.8 Å². The van der Waals surface area contributed by atoms with E-state index in [1.807, 2.05) is 48.5 Å². The number of carbonyl (C=O) groups is 2. The topological polar surface area (TPSA) is 102 Å². The second-order valence-corrected chi connectivity index (χ2v) is 7.50. The molecule has 2 amide bonds. The summed E-state index contributed by atoms with van der Waals surface area (Å²) in [5.74, 6) is 0.458. The lowest BCUT2D eigenvalue weighted by Crippen LogP contribution is -2.44. The zero-order valence-electron chi connectivity index (χ0n) is 17.3. The van der Waals surface area contributed by atoms with Crippen molar-refractivity contribution in [1.82, 2.24) is 25.1 Å². The van der Waals surface area contributed by atoms with Crippen molar-refractivity contribution in [2.45, 2.75) is 19.3 Å². The van der Waals surface area contributed by atoms with Crippen molar-refractivity contribution in [2.24, 2.45) is 5.92 Å². The van der Waals surface area contributed by atoms with Gasteiger partial charge in [0, 0.05) is 18.8 Å². The highest BCUT2D eigenvalue weighted by Crippen LogP contribution is 2.21. The molecule has 0 radical (unpaired) electrons. The third kappa shape index (κ3) is 5.06. The number of nitrogens with zero attached hydrogens (tertiary/aromatic N) is 5. The molecule has 1 N–H and O–H groups in total. The summed E-state index contributed by atoms with van der Waals surface area (Å²) in [5.41, 5.74) is 2.35. The monoisotopic (exact) mass is 420 g/mol. The van der Waals surface area contributed by atoms with Crippen LogP contribution in [0.15, 0.2) is 54.9 Å². The molecule has 1 saturated heterocycles. The lowest BCUT2D eigenvalue weighted by Gasteiger charge is -2.32. The van der Waals surface area contributed by atoms with Crippen LogP contribution in [0.2, 0.25) is 0 Å². The Labute approximate surface area is 180 Å². The summed E-state index contributed by atoms with van der Waals surface area (Å²) < 4.78 is 6.68. The highest BCUT2D eigenvalue weighted by Gasteiger charge is 2.28. The highest BCUT2D eigenvalue weighted by molar-refractivity contribution is 5.93. The Hall–Kier alpha value is -3.75. The van der Waals surface area contributed by atoms with Gasteiger partial charge in [-0.05, 0) is 59.2 Å². The van der Waals surface area contributed by atoms with Crippen molar-refractivity contribution >= 4 is 17.5 Å². The maximum atomic E-state index is 12.9. The van der Waals surface area contributed by atoms with Gasteiger partial charge in [-0.25, -0.2) is 4.68 Å². The number of likely N-dealkylation sites (tertiary alicyclic amines) is 1. The van der Waals surface area contributed by atoms with E-state index < -0.39 is 0 Å². The van der Waals surface area contributed by atoms with Crippen molar-refractivity contribution in [3.8, 4) is 11.4 Å². The van der Waals surface area contributed by atoms with Crippen molar-refractivity contribution in [1.29, 1.82) is 0 Å². The summed E-state index contributed by atoms with van der Waals surface area (Å²) in [6.07, 6.45) is 3.36. The van der Waals surface area contributed by atoms with E-state index in [1.165, 1.54) is 11.0 Å². The number of tetrazole rings is 1. The minimum absolute atomic E-state index is 0.0309. The molecule has 0 unspecified atom stereocenters.